The van der Waals surface area contributed by atoms with Crippen LogP contribution in [-0.2, 0) is 7.05 Å². The van der Waals surface area contributed by atoms with E-state index in [9.17, 15) is 0 Å². The molecule has 1 heterocycles. The minimum absolute atomic E-state index is 0.169. The van der Waals surface area contributed by atoms with E-state index in [1.807, 2.05) is 37.6 Å². The van der Waals surface area contributed by atoms with Crippen molar-refractivity contribution >= 4 is 6.21 Å². The standard InChI is InChI=1S/C15H18N3O/c1-3-12(8-16)11-19-15-6-4-5-13(7-15)14-9-17-18(2)10-14/h5-10,12,16H,3,11H2,1-2H3. The van der Waals surface area contributed by atoms with Gasteiger partial charge in [0.2, 0.25) is 0 Å². The fourth-order valence-electron chi connectivity index (χ4n) is 1.76. The lowest BCUT2D eigenvalue weighted by molar-refractivity contribution is 0.283. The summed E-state index contributed by atoms with van der Waals surface area (Å²) in [6.45, 7) is 2.58. The van der Waals surface area contributed by atoms with Gasteiger partial charge in [-0.2, -0.15) is 5.10 Å². The molecule has 19 heavy (non-hydrogen) atoms. The number of nitrogens with one attached hydrogen (secondary N) is 1. The second-order valence-corrected chi connectivity index (χ2v) is 4.51. The molecule has 2 rings (SSSR count). The Hall–Kier alpha value is -2.10. The summed E-state index contributed by atoms with van der Waals surface area (Å²) >= 11 is 0. The van der Waals surface area contributed by atoms with Gasteiger partial charge in [-0.3, -0.25) is 4.68 Å². The highest BCUT2D eigenvalue weighted by Crippen LogP contribution is 2.23. The summed E-state index contributed by atoms with van der Waals surface area (Å²) in [5, 5.41) is 11.4. The van der Waals surface area contributed by atoms with E-state index in [1.165, 1.54) is 6.21 Å². The maximum absolute atomic E-state index is 7.28. The van der Waals surface area contributed by atoms with Crippen molar-refractivity contribution in [3.63, 3.8) is 0 Å². The van der Waals surface area contributed by atoms with E-state index < -0.39 is 0 Å². The lowest BCUT2D eigenvalue weighted by atomic mass is 10.1. The van der Waals surface area contributed by atoms with Gasteiger partial charge in [-0.25, -0.2) is 0 Å². The predicted octanol–water partition coefficient (Wildman–Crippen LogP) is 2.94. The van der Waals surface area contributed by atoms with Crippen LogP contribution in [-0.4, -0.2) is 22.6 Å². The van der Waals surface area contributed by atoms with Crippen LogP contribution in [0.15, 0.2) is 30.6 Å². The smallest absolute Gasteiger partial charge is 0.120 e. The molecule has 0 aliphatic rings. The van der Waals surface area contributed by atoms with Crippen molar-refractivity contribution in [3.05, 3.63) is 36.7 Å². The third kappa shape index (κ3) is 3.44. The first-order valence-electron chi connectivity index (χ1n) is 6.36. The first-order valence-corrected chi connectivity index (χ1v) is 6.36. The molecule has 4 nitrogen and oxygen atoms in total. The Labute approximate surface area is 113 Å². The topological polar surface area (TPSA) is 50.9 Å². The van der Waals surface area contributed by atoms with Gasteiger partial charge in [0.25, 0.3) is 0 Å². The zero-order valence-electron chi connectivity index (χ0n) is 11.3. The maximum atomic E-state index is 7.28. The van der Waals surface area contributed by atoms with Gasteiger partial charge in [0, 0.05) is 30.9 Å². The van der Waals surface area contributed by atoms with Crippen LogP contribution in [0.4, 0.5) is 0 Å². The Bertz CT molecular complexity index is 548. The molecule has 0 spiro atoms. The second-order valence-electron chi connectivity index (χ2n) is 4.51. The van der Waals surface area contributed by atoms with Gasteiger partial charge in [-0.1, -0.05) is 6.92 Å². The zero-order valence-corrected chi connectivity index (χ0v) is 11.3. The lowest BCUT2D eigenvalue weighted by Crippen LogP contribution is -2.11. The number of aromatic nitrogens is 2. The van der Waals surface area contributed by atoms with Gasteiger partial charge in [0.05, 0.1) is 12.8 Å². The molecular weight excluding hydrogens is 238 g/mol. The van der Waals surface area contributed by atoms with Crippen LogP contribution >= 0.6 is 0 Å². The van der Waals surface area contributed by atoms with E-state index in [2.05, 4.69) is 18.1 Å². The number of benzene rings is 1. The first kappa shape index (κ1) is 13.3. The van der Waals surface area contributed by atoms with E-state index in [4.69, 9.17) is 10.1 Å². The van der Waals surface area contributed by atoms with Gasteiger partial charge in [-0.15, -0.1) is 0 Å². The second kappa shape index (κ2) is 6.18. The maximum Gasteiger partial charge on any atom is 0.120 e. The summed E-state index contributed by atoms with van der Waals surface area (Å²) in [7, 11) is 1.89. The first-order chi connectivity index (χ1) is 9.22. The number of ether oxygens (including phenoxy) is 1. The number of hydrogen-bond acceptors (Lipinski definition) is 3. The molecule has 1 atom stereocenters. The molecule has 0 bridgehead atoms. The molecule has 0 aliphatic heterocycles. The van der Waals surface area contributed by atoms with Crippen molar-refractivity contribution in [3.8, 4) is 16.9 Å². The highest BCUT2D eigenvalue weighted by atomic mass is 16.5. The third-order valence-corrected chi connectivity index (χ3v) is 3.02. The minimum atomic E-state index is 0.169. The largest absolute Gasteiger partial charge is 0.493 e. The number of rotatable bonds is 6. The Morgan fingerprint density at radius 2 is 2.32 bits per heavy atom. The van der Waals surface area contributed by atoms with Crippen molar-refractivity contribution in [2.24, 2.45) is 13.0 Å². The van der Waals surface area contributed by atoms with Gasteiger partial charge in [-0.05, 0) is 36.2 Å². The summed E-state index contributed by atoms with van der Waals surface area (Å²) in [5.74, 6) is 0.948. The normalized spacial score (nSPS) is 12.1. The molecule has 2 aromatic rings. The average Bonchev–Trinajstić information content (AvgIpc) is 2.87. The van der Waals surface area contributed by atoms with Crippen molar-refractivity contribution < 1.29 is 4.74 Å². The Morgan fingerprint density at radius 3 is 2.95 bits per heavy atom. The van der Waals surface area contributed by atoms with Gasteiger partial charge < -0.3 is 10.1 Å². The average molecular weight is 256 g/mol. The number of aryl methyl sites for hydroxylation is 1. The van der Waals surface area contributed by atoms with E-state index >= 15 is 0 Å². The van der Waals surface area contributed by atoms with E-state index in [1.54, 1.807) is 4.68 Å². The molecular formula is C15H18N3O. The fraction of sp³-hybridized carbons (Fsp3) is 0.333. The van der Waals surface area contributed by atoms with Crippen LogP contribution in [0.1, 0.15) is 13.3 Å². The van der Waals surface area contributed by atoms with Crippen LogP contribution in [0.2, 0.25) is 0 Å². The number of hydrogen-bond donors (Lipinski definition) is 1. The van der Waals surface area contributed by atoms with E-state index in [-0.39, 0.29) is 5.92 Å². The van der Waals surface area contributed by atoms with Crippen LogP contribution in [0.25, 0.3) is 11.1 Å². The molecule has 1 N–H and O–H groups in total. The SMILES string of the molecule is CCC(C=N)COc1c[c]cc(-c2cnn(C)c2)c1. The molecule has 1 radical (unpaired) electrons. The Kier molecular flexibility index (Phi) is 4.34. The van der Waals surface area contributed by atoms with Crippen LogP contribution in [0.3, 0.4) is 0 Å². The number of nitrogens with zero attached hydrogens (tertiary/aromatic N) is 2. The summed E-state index contributed by atoms with van der Waals surface area (Å²) in [6, 6.07) is 8.78. The third-order valence-electron chi connectivity index (χ3n) is 3.02. The molecule has 0 fully saturated rings. The Balaban J connectivity index is 2.09. The highest BCUT2D eigenvalue weighted by Gasteiger charge is 2.05. The minimum Gasteiger partial charge on any atom is -0.493 e. The quantitative estimate of drug-likeness (QED) is 0.808. The molecule has 0 saturated carbocycles. The summed E-state index contributed by atoms with van der Waals surface area (Å²) in [5.41, 5.74) is 2.08. The molecule has 4 heteroatoms. The molecule has 1 aromatic heterocycles. The van der Waals surface area contributed by atoms with Gasteiger partial charge in [0.15, 0.2) is 0 Å². The summed E-state index contributed by atoms with van der Waals surface area (Å²) < 4.78 is 7.48. The molecule has 99 valence electrons. The summed E-state index contributed by atoms with van der Waals surface area (Å²) in [4.78, 5) is 0. The monoisotopic (exact) mass is 256 g/mol. The molecule has 0 amide bonds. The van der Waals surface area contributed by atoms with Crippen molar-refractivity contribution in [2.45, 2.75) is 13.3 Å². The highest BCUT2D eigenvalue weighted by molar-refractivity contribution is 5.63. The van der Waals surface area contributed by atoms with Gasteiger partial charge in [0.1, 0.15) is 5.75 Å². The van der Waals surface area contributed by atoms with Crippen molar-refractivity contribution in [2.75, 3.05) is 6.61 Å². The van der Waals surface area contributed by atoms with Crippen LogP contribution < -0.4 is 4.74 Å². The van der Waals surface area contributed by atoms with Crippen LogP contribution in [0, 0.1) is 17.4 Å². The van der Waals surface area contributed by atoms with Gasteiger partial charge >= 0.3 is 0 Å². The molecule has 1 aromatic carbocycles. The molecule has 0 saturated heterocycles. The lowest BCUT2D eigenvalue weighted by Gasteiger charge is -2.11. The molecule has 1 unspecified atom stereocenters. The zero-order chi connectivity index (χ0) is 13.7. The molecule has 0 aliphatic carbocycles. The van der Waals surface area contributed by atoms with Crippen molar-refractivity contribution in [1.29, 1.82) is 5.41 Å². The van der Waals surface area contributed by atoms with Crippen molar-refractivity contribution in [1.82, 2.24) is 9.78 Å². The van der Waals surface area contributed by atoms with Crippen LogP contribution in [0.5, 0.6) is 5.75 Å². The summed E-state index contributed by atoms with van der Waals surface area (Å²) in [6.07, 6.45) is 6.13. The van der Waals surface area contributed by atoms with E-state index in [0.29, 0.717) is 6.61 Å². The predicted molar refractivity (Wildman–Crippen MR) is 75.5 cm³/mol. The fourth-order valence-corrected chi connectivity index (χ4v) is 1.76. The Morgan fingerprint density at radius 1 is 1.47 bits per heavy atom. The van der Waals surface area contributed by atoms with E-state index in [0.717, 1.165) is 23.3 Å².